The average molecular weight is 567 g/mol. The Morgan fingerprint density at radius 1 is 1.14 bits per heavy atom. The fraction of sp³-hybridized carbons (Fsp3) is 0.441. The first-order valence-corrected chi connectivity index (χ1v) is 14.9. The number of halogens is 1. The van der Waals surface area contributed by atoms with Crippen LogP contribution in [-0.4, -0.2) is 53.7 Å². The highest BCUT2D eigenvalue weighted by Crippen LogP contribution is 2.45. The fourth-order valence-electron chi connectivity index (χ4n) is 6.74. The van der Waals surface area contributed by atoms with Gasteiger partial charge in [0.1, 0.15) is 22.8 Å². The Bertz CT molecular complexity index is 1730. The molecule has 7 nitrogen and oxygen atoms in total. The van der Waals surface area contributed by atoms with Gasteiger partial charge in [-0.15, -0.1) is 0 Å². The van der Waals surface area contributed by atoms with Gasteiger partial charge in [0.2, 0.25) is 5.82 Å². The van der Waals surface area contributed by atoms with Gasteiger partial charge in [-0.2, -0.15) is 0 Å². The van der Waals surface area contributed by atoms with Crippen molar-refractivity contribution in [2.75, 3.05) is 38.5 Å². The molecule has 216 valence electrons. The normalized spacial score (nSPS) is 20.5. The zero-order valence-corrected chi connectivity index (χ0v) is 24.1. The number of aromatic nitrogens is 3. The third-order valence-corrected chi connectivity index (χ3v) is 9.18. The van der Waals surface area contributed by atoms with Crippen LogP contribution in [0.4, 0.5) is 10.2 Å². The van der Waals surface area contributed by atoms with Crippen LogP contribution in [0.15, 0.2) is 36.5 Å². The Hall–Kier alpha value is -3.80. The van der Waals surface area contributed by atoms with Crippen LogP contribution < -0.4 is 9.64 Å². The number of hydrogen-bond acceptors (Lipinski definition) is 7. The van der Waals surface area contributed by atoms with Crippen molar-refractivity contribution in [2.45, 2.75) is 45.4 Å². The molecule has 7 rings (SSSR count). The molecule has 2 atom stereocenters. The molecule has 0 amide bonds. The summed E-state index contributed by atoms with van der Waals surface area (Å²) in [7, 11) is 1.57. The molecule has 8 heteroatoms. The summed E-state index contributed by atoms with van der Waals surface area (Å²) in [4.78, 5) is 16.6. The molecule has 1 aliphatic heterocycles. The number of piperidine rings is 1. The maximum Gasteiger partial charge on any atom is 0.207 e. The number of nitrogens with zero attached hydrogens (tertiary/aromatic N) is 4. The van der Waals surface area contributed by atoms with E-state index in [1.54, 1.807) is 13.3 Å². The Morgan fingerprint density at radius 3 is 2.67 bits per heavy atom. The number of aryl methyl sites for hydroxylation is 1. The summed E-state index contributed by atoms with van der Waals surface area (Å²) < 4.78 is 27.8. The highest BCUT2D eigenvalue weighted by atomic mass is 19.1. The lowest BCUT2D eigenvalue weighted by Gasteiger charge is -2.33. The summed E-state index contributed by atoms with van der Waals surface area (Å²) in [6, 6.07) is 9.85. The SMILES string of the molecule is CCc1cccc2cc(OCOC)cc(-c3ncc4c(N5CC6CCC(C6)C5)nc(C#CC5(CO)CC5)nc4c3F)c12. The van der Waals surface area contributed by atoms with Crippen LogP contribution >= 0.6 is 0 Å². The predicted molar refractivity (Wildman–Crippen MR) is 161 cm³/mol. The number of ether oxygens (including phenoxy) is 2. The largest absolute Gasteiger partial charge is 0.468 e. The maximum absolute atomic E-state index is 16.8. The maximum atomic E-state index is 16.8. The molecule has 3 aliphatic rings. The van der Waals surface area contributed by atoms with Crippen LogP contribution in [0.1, 0.15) is 50.4 Å². The lowest BCUT2D eigenvalue weighted by atomic mass is 9.95. The molecule has 2 aliphatic carbocycles. The molecule has 1 N–H and O–H groups in total. The third-order valence-electron chi connectivity index (χ3n) is 9.18. The molecule has 3 fully saturated rings. The van der Waals surface area contributed by atoms with Crippen molar-refractivity contribution in [3.63, 3.8) is 0 Å². The third kappa shape index (κ3) is 4.85. The number of anilines is 1. The first kappa shape index (κ1) is 27.1. The predicted octanol–water partition coefficient (Wildman–Crippen LogP) is 5.89. The van der Waals surface area contributed by atoms with Gasteiger partial charge in [-0.1, -0.05) is 31.0 Å². The summed E-state index contributed by atoms with van der Waals surface area (Å²) in [5, 5.41) is 12.3. The molecule has 2 bridgehead atoms. The van der Waals surface area contributed by atoms with Gasteiger partial charge in [-0.3, -0.25) is 4.98 Å². The standard InChI is InChI=1S/C34H35FN4O3/c1-3-23-5-4-6-24-14-25(42-20-41-2)15-26(29(23)24)31-30(35)32-27(16-36-31)33(39-17-21-7-8-22(13-21)18-39)38-28(37-32)9-10-34(19-40)11-12-34/h4-6,14-16,21-22,40H,3,7-8,11-13,17-20H2,1-2H3. The molecule has 4 aromatic rings. The Labute approximate surface area is 245 Å². The van der Waals surface area contributed by atoms with E-state index in [0.29, 0.717) is 34.4 Å². The van der Waals surface area contributed by atoms with Crippen molar-refractivity contribution in [1.82, 2.24) is 15.0 Å². The second-order valence-electron chi connectivity index (χ2n) is 12.1. The van der Waals surface area contributed by atoms with Gasteiger partial charge in [-0.05, 0) is 84.7 Å². The van der Waals surface area contributed by atoms with Gasteiger partial charge in [-0.25, -0.2) is 14.4 Å². The van der Waals surface area contributed by atoms with Crippen molar-refractivity contribution >= 4 is 27.5 Å². The molecular weight excluding hydrogens is 531 g/mol. The molecular formula is C34H35FN4O3. The van der Waals surface area contributed by atoms with E-state index in [1.165, 1.54) is 19.3 Å². The van der Waals surface area contributed by atoms with E-state index in [2.05, 4.69) is 34.7 Å². The summed E-state index contributed by atoms with van der Waals surface area (Å²) in [5.74, 6) is 8.58. The smallest absolute Gasteiger partial charge is 0.207 e. The lowest BCUT2D eigenvalue weighted by molar-refractivity contribution is 0.0512. The van der Waals surface area contributed by atoms with Crippen LogP contribution in [0, 0.1) is 34.9 Å². The monoisotopic (exact) mass is 566 g/mol. The first-order valence-electron chi connectivity index (χ1n) is 14.9. The minimum atomic E-state index is -0.501. The highest BCUT2D eigenvalue weighted by Gasteiger charge is 2.40. The van der Waals surface area contributed by atoms with Crippen LogP contribution in [0.25, 0.3) is 32.9 Å². The van der Waals surface area contributed by atoms with Crippen LogP contribution in [-0.2, 0) is 11.2 Å². The minimum absolute atomic E-state index is 0.00662. The van der Waals surface area contributed by atoms with E-state index in [9.17, 15) is 5.11 Å². The van der Waals surface area contributed by atoms with Gasteiger partial charge >= 0.3 is 0 Å². The number of methoxy groups -OCH3 is 1. The molecule has 1 saturated heterocycles. The van der Waals surface area contributed by atoms with Crippen molar-refractivity contribution in [3.05, 3.63) is 53.7 Å². The zero-order valence-electron chi connectivity index (χ0n) is 24.1. The first-order chi connectivity index (χ1) is 20.5. The summed E-state index contributed by atoms with van der Waals surface area (Å²) in [6.45, 7) is 3.96. The van der Waals surface area contributed by atoms with Gasteiger partial charge in [0.05, 0.1) is 17.4 Å². The molecule has 3 heterocycles. The number of aliphatic hydroxyl groups excluding tert-OH is 1. The van der Waals surface area contributed by atoms with E-state index in [-0.39, 0.29) is 35.8 Å². The molecule has 2 aromatic carbocycles. The molecule has 2 saturated carbocycles. The summed E-state index contributed by atoms with van der Waals surface area (Å²) >= 11 is 0. The van der Waals surface area contributed by atoms with Crippen molar-refractivity contribution < 1.29 is 19.0 Å². The second-order valence-corrected chi connectivity index (χ2v) is 12.1. The molecule has 0 radical (unpaired) electrons. The number of hydrogen-bond donors (Lipinski definition) is 1. The Balaban J connectivity index is 1.43. The summed E-state index contributed by atoms with van der Waals surface area (Å²) in [6.07, 6.45) is 7.90. The fourth-order valence-corrected chi connectivity index (χ4v) is 6.74. The van der Waals surface area contributed by atoms with Gasteiger partial charge in [0.25, 0.3) is 0 Å². The Kier molecular flexibility index (Phi) is 6.95. The molecule has 2 unspecified atom stereocenters. The van der Waals surface area contributed by atoms with E-state index in [1.807, 2.05) is 24.3 Å². The minimum Gasteiger partial charge on any atom is -0.468 e. The molecule has 0 spiro atoms. The average Bonchev–Trinajstić information content (AvgIpc) is 3.73. The Morgan fingerprint density at radius 2 is 1.95 bits per heavy atom. The highest BCUT2D eigenvalue weighted by molar-refractivity contribution is 6.01. The summed E-state index contributed by atoms with van der Waals surface area (Å²) in [5.41, 5.74) is 1.79. The van der Waals surface area contributed by atoms with Gasteiger partial charge < -0.3 is 19.5 Å². The second kappa shape index (κ2) is 10.8. The van der Waals surface area contributed by atoms with E-state index in [4.69, 9.17) is 19.4 Å². The van der Waals surface area contributed by atoms with E-state index in [0.717, 1.165) is 48.7 Å². The number of fused-ring (bicyclic) bond motifs is 4. The number of pyridine rings is 1. The molecule has 2 aromatic heterocycles. The van der Waals surface area contributed by atoms with E-state index >= 15 is 4.39 Å². The number of aliphatic hydroxyl groups is 1. The number of rotatable bonds is 7. The van der Waals surface area contributed by atoms with Crippen LogP contribution in [0.2, 0.25) is 0 Å². The van der Waals surface area contributed by atoms with Crippen LogP contribution in [0.5, 0.6) is 5.75 Å². The topological polar surface area (TPSA) is 80.6 Å². The van der Waals surface area contributed by atoms with Crippen LogP contribution in [0.3, 0.4) is 0 Å². The van der Waals surface area contributed by atoms with Crippen molar-refractivity contribution in [2.24, 2.45) is 17.3 Å². The van der Waals surface area contributed by atoms with Gasteiger partial charge in [0, 0.05) is 32.0 Å². The molecule has 42 heavy (non-hydrogen) atoms. The number of benzene rings is 2. The lowest BCUT2D eigenvalue weighted by Crippen LogP contribution is -2.37. The quantitative estimate of drug-likeness (QED) is 0.221. The van der Waals surface area contributed by atoms with Crippen molar-refractivity contribution in [3.8, 4) is 28.8 Å². The zero-order chi connectivity index (χ0) is 28.8. The van der Waals surface area contributed by atoms with Gasteiger partial charge in [0.15, 0.2) is 12.6 Å². The van der Waals surface area contributed by atoms with E-state index < -0.39 is 5.82 Å². The van der Waals surface area contributed by atoms with Crippen molar-refractivity contribution in [1.29, 1.82) is 0 Å².